The van der Waals surface area contributed by atoms with E-state index < -0.39 is 0 Å². The van der Waals surface area contributed by atoms with Crippen molar-refractivity contribution in [3.63, 3.8) is 0 Å². The lowest BCUT2D eigenvalue weighted by molar-refractivity contribution is 0.253. The van der Waals surface area contributed by atoms with Crippen molar-refractivity contribution in [1.29, 1.82) is 0 Å². The van der Waals surface area contributed by atoms with Crippen LogP contribution in [0.2, 0.25) is 0 Å². The molecule has 0 saturated carbocycles. The summed E-state index contributed by atoms with van der Waals surface area (Å²) >= 11 is 5.70. The smallest absolute Gasteiger partial charge is 0.170 e. The molecule has 6 nitrogen and oxygen atoms in total. The van der Waals surface area contributed by atoms with Gasteiger partial charge < -0.3 is 23.8 Å². The molecule has 1 fully saturated rings. The first-order chi connectivity index (χ1) is 15.7. The summed E-state index contributed by atoms with van der Waals surface area (Å²) in [4.78, 5) is 6.66. The highest BCUT2D eigenvalue weighted by Gasteiger charge is 2.42. The van der Waals surface area contributed by atoms with Crippen LogP contribution in [0.1, 0.15) is 36.2 Å². The van der Waals surface area contributed by atoms with Gasteiger partial charge in [0.25, 0.3) is 0 Å². The first-order valence-corrected chi connectivity index (χ1v) is 11.0. The maximum atomic E-state index is 6.36. The predicted octanol–water partition coefficient (Wildman–Crippen LogP) is 5.51. The molecule has 1 aliphatic rings. The van der Waals surface area contributed by atoms with Gasteiger partial charge in [0.05, 0.1) is 31.2 Å². The molecule has 1 aromatic carbocycles. The lowest BCUT2D eigenvalue weighted by Crippen LogP contribution is -2.28. The van der Waals surface area contributed by atoms with Crippen LogP contribution in [-0.2, 0) is 6.54 Å². The minimum Gasteiger partial charge on any atom is -0.494 e. The van der Waals surface area contributed by atoms with Crippen LogP contribution in [0.5, 0.6) is 5.75 Å². The maximum absolute atomic E-state index is 6.36. The number of aromatic nitrogens is 1. The molecule has 3 aromatic heterocycles. The summed E-state index contributed by atoms with van der Waals surface area (Å²) in [5.74, 6) is 3.27. The van der Waals surface area contributed by atoms with Crippen molar-refractivity contribution < 1.29 is 13.6 Å². The minimum atomic E-state index is -0.168. The first kappa shape index (κ1) is 20.3. The number of furan rings is 2. The Morgan fingerprint density at radius 2 is 1.94 bits per heavy atom. The van der Waals surface area contributed by atoms with Crippen molar-refractivity contribution in [2.45, 2.75) is 25.6 Å². The molecule has 0 amide bonds. The van der Waals surface area contributed by atoms with Crippen LogP contribution < -0.4 is 10.1 Å². The molecule has 4 heterocycles. The molecule has 7 heteroatoms. The van der Waals surface area contributed by atoms with E-state index in [1.54, 1.807) is 12.5 Å². The van der Waals surface area contributed by atoms with Crippen LogP contribution in [0, 0.1) is 0 Å². The highest BCUT2D eigenvalue weighted by Crippen LogP contribution is 2.41. The van der Waals surface area contributed by atoms with Gasteiger partial charge in [0.1, 0.15) is 29.1 Å². The zero-order chi connectivity index (χ0) is 21.9. The third kappa shape index (κ3) is 3.99. The zero-order valence-electron chi connectivity index (χ0n) is 17.6. The average molecular weight is 446 g/mol. The SMILES string of the molecule is CCOc1ccc(-c2ccc([C@H]3[C@@H](c4ccccn4)NC(=S)N3Cc3ccco3)o2)cc1. The number of hydrogen-bond acceptors (Lipinski definition) is 5. The molecule has 4 aromatic rings. The Hall–Kier alpha value is -3.58. The van der Waals surface area contributed by atoms with E-state index >= 15 is 0 Å². The summed E-state index contributed by atoms with van der Waals surface area (Å²) in [6, 6.07) is 21.3. The molecule has 2 atom stereocenters. The number of pyridine rings is 1. The van der Waals surface area contributed by atoms with Gasteiger partial charge in [-0.1, -0.05) is 6.07 Å². The van der Waals surface area contributed by atoms with E-state index in [0.29, 0.717) is 18.3 Å². The Bertz CT molecular complexity index is 1170. The molecule has 1 saturated heterocycles. The third-order valence-electron chi connectivity index (χ3n) is 5.47. The fourth-order valence-electron chi connectivity index (χ4n) is 4.00. The summed E-state index contributed by atoms with van der Waals surface area (Å²) < 4.78 is 17.5. The monoisotopic (exact) mass is 445 g/mol. The normalized spacial score (nSPS) is 18.0. The van der Waals surface area contributed by atoms with Gasteiger partial charge in [0.15, 0.2) is 5.11 Å². The molecule has 0 spiro atoms. The second-order valence-electron chi connectivity index (χ2n) is 7.49. The van der Waals surface area contributed by atoms with E-state index in [4.69, 9.17) is 25.8 Å². The fraction of sp³-hybridized carbons (Fsp3) is 0.200. The summed E-state index contributed by atoms with van der Waals surface area (Å²) in [7, 11) is 0. The summed E-state index contributed by atoms with van der Waals surface area (Å²) in [6.07, 6.45) is 3.46. The number of thiocarbonyl (C=S) groups is 1. The van der Waals surface area contributed by atoms with Gasteiger partial charge in [-0.2, -0.15) is 0 Å². The van der Waals surface area contributed by atoms with Crippen LogP contribution in [0.25, 0.3) is 11.3 Å². The number of nitrogens with one attached hydrogen (secondary N) is 1. The van der Waals surface area contributed by atoms with Crippen molar-refractivity contribution in [3.05, 3.63) is 96.4 Å². The molecule has 0 aliphatic carbocycles. The quantitative estimate of drug-likeness (QED) is 0.377. The Labute approximate surface area is 191 Å². The summed E-state index contributed by atoms with van der Waals surface area (Å²) in [5, 5.41) is 4.07. The van der Waals surface area contributed by atoms with Crippen LogP contribution in [0.3, 0.4) is 0 Å². The van der Waals surface area contributed by atoms with Crippen molar-refractivity contribution >= 4 is 17.3 Å². The van der Waals surface area contributed by atoms with E-state index in [2.05, 4.69) is 15.2 Å². The van der Waals surface area contributed by atoms with Crippen molar-refractivity contribution in [2.75, 3.05) is 6.61 Å². The van der Waals surface area contributed by atoms with Crippen molar-refractivity contribution in [1.82, 2.24) is 15.2 Å². The molecule has 1 aliphatic heterocycles. The number of hydrogen-bond donors (Lipinski definition) is 1. The Morgan fingerprint density at radius 1 is 1.06 bits per heavy atom. The van der Waals surface area contributed by atoms with Crippen LogP contribution in [-0.4, -0.2) is 21.6 Å². The minimum absolute atomic E-state index is 0.141. The van der Waals surface area contributed by atoms with E-state index in [9.17, 15) is 0 Å². The molecule has 32 heavy (non-hydrogen) atoms. The Balaban J connectivity index is 1.49. The maximum Gasteiger partial charge on any atom is 0.170 e. The van der Waals surface area contributed by atoms with E-state index in [-0.39, 0.29) is 12.1 Å². The van der Waals surface area contributed by atoms with Crippen molar-refractivity contribution in [3.8, 4) is 17.1 Å². The van der Waals surface area contributed by atoms with Crippen LogP contribution >= 0.6 is 12.2 Å². The van der Waals surface area contributed by atoms with Gasteiger partial charge in [-0.15, -0.1) is 0 Å². The third-order valence-corrected chi connectivity index (χ3v) is 5.82. The van der Waals surface area contributed by atoms with Gasteiger partial charge in [0, 0.05) is 11.8 Å². The largest absolute Gasteiger partial charge is 0.494 e. The second-order valence-corrected chi connectivity index (χ2v) is 7.88. The first-order valence-electron chi connectivity index (χ1n) is 10.6. The van der Waals surface area contributed by atoms with E-state index in [1.165, 1.54) is 0 Å². The van der Waals surface area contributed by atoms with Gasteiger partial charge >= 0.3 is 0 Å². The summed E-state index contributed by atoms with van der Waals surface area (Å²) in [5.41, 5.74) is 1.89. The Kier molecular flexibility index (Phi) is 5.64. The number of ether oxygens (including phenoxy) is 1. The molecule has 5 rings (SSSR count). The van der Waals surface area contributed by atoms with Crippen LogP contribution in [0.15, 0.2) is 88.0 Å². The molecule has 0 unspecified atom stereocenters. The standard InChI is InChI=1S/C25H23N3O3S/c1-2-29-18-10-8-17(9-11-18)21-12-13-22(31-21)24-23(20-7-3-4-14-26-20)27-25(32)28(24)16-19-6-5-15-30-19/h3-15,23-24H,2,16H2,1H3,(H,27,32)/t23-,24+/m1/s1. The molecule has 0 bridgehead atoms. The van der Waals surface area contributed by atoms with Gasteiger partial charge in [-0.25, -0.2) is 0 Å². The number of nitrogens with zero attached hydrogens (tertiary/aromatic N) is 2. The summed E-state index contributed by atoms with van der Waals surface area (Å²) in [6.45, 7) is 3.14. The predicted molar refractivity (Wildman–Crippen MR) is 125 cm³/mol. The molecular weight excluding hydrogens is 422 g/mol. The van der Waals surface area contributed by atoms with Gasteiger partial charge in [-0.3, -0.25) is 4.98 Å². The van der Waals surface area contributed by atoms with Crippen LogP contribution in [0.4, 0.5) is 0 Å². The molecule has 1 N–H and O–H groups in total. The van der Waals surface area contributed by atoms with E-state index in [0.717, 1.165) is 34.3 Å². The molecule has 162 valence electrons. The number of rotatable bonds is 7. The van der Waals surface area contributed by atoms with Crippen molar-refractivity contribution in [2.24, 2.45) is 0 Å². The number of benzene rings is 1. The van der Waals surface area contributed by atoms with Gasteiger partial charge in [0.2, 0.25) is 0 Å². The lowest BCUT2D eigenvalue weighted by Gasteiger charge is -2.25. The topological polar surface area (TPSA) is 63.7 Å². The lowest BCUT2D eigenvalue weighted by atomic mass is 10.0. The average Bonchev–Trinajstić information content (AvgIpc) is 3.57. The van der Waals surface area contributed by atoms with Gasteiger partial charge in [-0.05, 0) is 79.8 Å². The highest BCUT2D eigenvalue weighted by atomic mass is 32.1. The molecule has 0 radical (unpaired) electrons. The Morgan fingerprint density at radius 3 is 2.66 bits per heavy atom. The highest BCUT2D eigenvalue weighted by molar-refractivity contribution is 7.80. The zero-order valence-corrected chi connectivity index (χ0v) is 18.4. The second kappa shape index (κ2) is 8.88. The molecular formula is C25H23N3O3S. The van der Waals surface area contributed by atoms with E-state index in [1.807, 2.05) is 73.7 Å². The fourth-order valence-corrected chi connectivity index (χ4v) is 4.31.